The topological polar surface area (TPSA) is 133 Å². The number of rotatable bonds is 12. The Morgan fingerprint density at radius 2 is 1.43 bits per heavy atom. The van der Waals surface area contributed by atoms with Gasteiger partial charge in [-0.2, -0.15) is 0 Å². The molecule has 1 aromatic heterocycles. The van der Waals surface area contributed by atoms with E-state index in [1.54, 1.807) is 19.2 Å². The van der Waals surface area contributed by atoms with Crippen LogP contribution in [-0.4, -0.2) is 74.8 Å². The van der Waals surface area contributed by atoms with Gasteiger partial charge in [0.1, 0.15) is 46.9 Å². The number of pyridine rings is 1. The molecule has 0 radical (unpaired) electrons. The quantitative estimate of drug-likeness (QED) is 0.128. The number of phenols is 1. The van der Waals surface area contributed by atoms with Gasteiger partial charge in [0.05, 0.1) is 57.8 Å². The fourth-order valence-electron chi connectivity index (χ4n) is 7.59. The number of hydrogen-bond donors (Lipinski definition) is 1. The first kappa shape index (κ1) is 43.6. The fraction of sp³-hybridized carbons (Fsp3) is 0.362. The van der Waals surface area contributed by atoms with Crippen molar-refractivity contribution < 1.29 is 52.5 Å². The molecule has 318 valence electrons. The first-order valence-electron chi connectivity index (χ1n) is 20.0. The number of carbonyl (C=O) groups excluding carboxylic acids is 1. The maximum atomic E-state index is 13.6. The van der Waals surface area contributed by atoms with Gasteiger partial charge < -0.3 is 47.7 Å². The molecule has 3 aliphatic rings. The van der Waals surface area contributed by atoms with E-state index < -0.39 is 17.6 Å². The number of hydrogen-bond acceptors (Lipinski definition) is 12. The van der Waals surface area contributed by atoms with E-state index in [0.717, 1.165) is 45.0 Å². The Morgan fingerprint density at radius 3 is 2.12 bits per heavy atom. The van der Waals surface area contributed by atoms with Crippen LogP contribution in [0.2, 0.25) is 0 Å². The van der Waals surface area contributed by atoms with Gasteiger partial charge in [-0.25, -0.2) is 0 Å². The number of benzene rings is 4. The first-order valence-corrected chi connectivity index (χ1v) is 20.0. The molecule has 0 bridgehead atoms. The van der Waals surface area contributed by atoms with Crippen molar-refractivity contribution in [1.29, 1.82) is 0 Å². The van der Waals surface area contributed by atoms with E-state index in [4.69, 9.17) is 42.6 Å². The van der Waals surface area contributed by atoms with Gasteiger partial charge in [-0.15, -0.1) is 12.4 Å². The lowest BCUT2D eigenvalue weighted by Crippen LogP contribution is -2.43. The number of fused-ring (bicyclic) bond motifs is 7. The van der Waals surface area contributed by atoms with Crippen LogP contribution >= 0.6 is 12.4 Å². The van der Waals surface area contributed by atoms with Crippen LogP contribution in [0, 0.1) is 0 Å². The number of ketones is 1. The lowest BCUT2D eigenvalue weighted by molar-refractivity contribution is 0.0547. The Bertz CT molecular complexity index is 2390. The molecular weight excluding hydrogens is 790 g/mol. The molecule has 0 saturated heterocycles. The Kier molecular flexibility index (Phi) is 13.4. The highest BCUT2D eigenvalue weighted by atomic mass is 35.5. The van der Waals surface area contributed by atoms with Crippen LogP contribution in [0.1, 0.15) is 80.2 Å². The maximum absolute atomic E-state index is 13.6. The normalized spacial score (nSPS) is 16.4. The van der Waals surface area contributed by atoms with Gasteiger partial charge in [-0.1, -0.05) is 6.07 Å². The van der Waals surface area contributed by atoms with Crippen molar-refractivity contribution in [2.75, 3.05) is 47.3 Å². The molecule has 13 heteroatoms. The van der Waals surface area contributed by atoms with Crippen LogP contribution in [0.25, 0.3) is 16.8 Å². The second-order valence-corrected chi connectivity index (χ2v) is 14.6. The first-order chi connectivity index (χ1) is 28.5. The number of aromatic nitrogens is 1. The molecule has 60 heavy (non-hydrogen) atoms. The summed E-state index contributed by atoms with van der Waals surface area (Å²) in [4.78, 5) is 18.2. The molecule has 0 fully saturated rings. The third-order valence-corrected chi connectivity index (χ3v) is 10.2. The minimum atomic E-state index is -0.630. The van der Waals surface area contributed by atoms with Gasteiger partial charge in [0.15, 0.2) is 40.3 Å². The molecule has 0 aliphatic carbocycles. The summed E-state index contributed by atoms with van der Waals surface area (Å²) in [7, 11) is 3.07. The van der Waals surface area contributed by atoms with Gasteiger partial charge in [0.2, 0.25) is 0 Å². The molecule has 12 nitrogen and oxygen atoms in total. The summed E-state index contributed by atoms with van der Waals surface area (Å²) in [5, 5.41) is 12.8. The van der Waals surface area contributed by atoms with Crippen LogP contribution in [0.5, 0.6) is 57.5 Å². The summed E-state index contributed by atoms with van der Waals surface area (Å²) in [6.07, 6.45) is 5.76. The minimum Gasteiger partial charge on any atom is -0.507 e. The maximum Gasteiger partial charge on any atom is 0.181 e. The molecule has 5 aromatic rings. The number of Topliss-reactive ketones (excluding diaryl/α,β-unsaturated/α-hetero) is 1. The smallest absolute Gasteiger partial charge is 0.181 e. The Balaban J connectivity index is 0.000000198. The summed E-state index contributed by atoms with van der Waals surface area (Å²) < 4.78 is 51.8. The van der Waals surface area contributed by atoms with Crippen LogP contribution in [0.15, 0.2) is 66.9 Å². The van der Waals surface area contributed by atoms with E-state index in [1.807, 2.05) is 90.2 Å². The third-order valence-electron chi connectivity index (χ3n) is 10.2. The van der Waals surface area contributed by atoms with Gasteiger partial charge in [0.25, 0.3) is 0 Å². The third kappa shape index (κ3) is 8.65. The summed E-state index contributed by atoms with van der Waals surface area (Å²) in [6, 6.07) is 17.0. The van der Waals surface area contributed by atoms with E-state index in [1.165, 1.54) is 13.2 Å². The van der Waals surface area contributed by atoms with Crippen LogP contribution in [0.3, 0.4) is 0 Å². The fourth-order valence-corrected chi connectivity index (χ4v) is 7.59. The van der Waals surface area contributed by atoms with E-state index in [9.17, 15) is 9.90 Å². The van der Waals surface area contributed by atoms with Crippen LogP contribution < -0.4 is 42.6 Å². The summed E-state index contributed by atoms with van der Waals surface area (Å²) in [5.74, 6) is 4.38. The highest BCUT2D eigenvalue weighted by molar-refractivity contribution is 6.08. The summed E-state index contributed by atoms with van der Waals surface area (Å²) in [6.45, 7) is 14.3. The SMILES string of the molecule is CCOc1ccc(Cc2nccc3cc(OCC)c(OCC)cc23)cc1OCC.COc1cc2c(cc1OC)C1C(=O)c3c(O)cc4c(c3OC1CO2)C=CC(C)(C)O4.Cl. The van der Waals surface area contributed by atoms with Gasteiger partial charge in [-0.05, 0) is 101 Å². The highest BCUT2D eigenvalue weighted by Crippen LogP contribution is 2.52. The minimum absolute atomic E-state index is 0. The van der Waals surface area contributed by atoms with E-state index in [-0.39, 0.29) is 36.1 Å². The van der Waals surface area contributed by atoms with Crippen molar-refractivity contribution in [3.8, 4) is 57.5 Å². The largest absolute Gasteiger partial charge is 0.507 e. The van der Waals surface area contributed by atoms with Crippen molar-refractivity contribution in [3.05, 3.63) is 94.8 Å². The second kappa shape index (κ2) is 18.5. The number of nitrogens with zero attached hydrogens (tertiary/aromatic N) is 1. The standard InChI is InChI=1S/C24H29NO4.C23H22O7.ClH/c1-5-26-21-10-9-17(14-22(21)27-6-2)13-20-19-16-24(29-8-4)23(28-7-3)15-18(19)11-12-25-20;1-23(2)6-5-11-15(30-23)8-13(24)20-21(25)19-12-7-16(26-3)17(27-4)9-14(12)28-10-18(19)29-22(11)20;/h9-12,14-16H,5-8,13H2,1-4H3;5-9,18-19,24H,10H2,1-4H3;1H. The van der Waals surface area contributed by atoms with Crippen LogP contribution in [0.4, 0.5) is 0 Å². The molecule has 8 rings (SSSR count). The Morgan fingerprint density at radius 1 is 0.783 bits per heavy atom. The lowest BCUT2D eigenvalue weighted by atomic mass is 9.80. The van der Waals surface area contributed by atoms with Crippen molar-refractivity contribution >= 4 is 35.0 Å². The van der Waals surface area contributed by atoms with Crippen molar-refractivity contribution in [2.45, 2.75) is 65.6 Å². The number of methoxy groups -OCH3 is 2. The number of halogens is 1. The molecule has 4 heterocycles. The Labute approximate surface area is 356 Å². The molecule has 2 atom stereocenters. The van der Waals surface area contributed by atoms with Crippen molar-refractivity contribution in [3.63, 3.8) is 0 Å². The number of carbonyl (C=O) groups is 1. The average Bonchev–Trinajstić information content (AvgIpc) is 3.21. The zero-order valence-electron chi connectivity index (χ0n) is 35.2. The highest BCUT2D eigenvalue weighted by Gasteiger charge is 2.46. The van der Waals surface area contributed by atoms with E-state index in [2.05, 4.69) is 11.1 Å². The molecule has 0 amide bonds. The van der Waals surface area contributed by atoms with E-state index in [0.29, 0.717) is 72.7 Å². The number of aromatic hydroxyl groups is 1. The van der Waals surface area contributed by atoms with Gasteiger partial charge >= 0.3 is 0 Å². The van der Waals surface area contributed by atoms with Crippen LogP contribution in [-0.2, 0) is 6.42 Å². The van der Waals surface area contributed by atoms with Gasteiger partial charge in [-0.3, -0.25) is 9.78 Å². The predicted octanol–water partition coefficient (Wildman–Crippen LogP) is 9.56. The number of ether oxygens (including phenoxy) is 9. The molecular formula is C47H52ClNO11. The summed E-state index contributed by atoms with van der Waals surface area (Å²) in [5.41, 5.74) is 3.03. The molecule has 2 unspecified atom stereocenters. The molecule has 1 N–H and O–H groups in total. The predicted molar refractivity (Wildman–Crippen MR) is 231 cm³/mol. The second-order valence-electron chi connectivity index (χ2n) is 14.6. The zero-order chi connectivity index (χ0) is 41.8. The summed E-state index contributed by atoms with van der Waals surface area (Å²) >= 11 is 0. The molecule has 3 aliphatic heterocycles. The van der Waals surface area contributed by atoms with Crippen molar-refractivity contribution in [1.82, 2.24) is 4.98 Å². The van der Waals surface area contributed by atoms with E-state index >= 15 is 0 Å². The lowest BCUT2D eigenvalue weighted by Gasteiger charge is -2.39. The van der Waals surface area contributed by atoms with Crippen molar-refractivity contribution in [2.24, 2.45) is 0 Å². The molecule has 0 spiro atoms. The zero-order valence-corrected chi connectivity index (χ0v) is 36.0. The van der Waals surface area contributed by atoms with Gasteiger partial charge in [0, 0.05) is 35.7 Å². The number of phenolic OH excluding ortho intramolecular Hbond substituents is 1. The molecule has 0 saturated carbocycles. The average molecular weight is 842 g/mol. The Hall–Kier alpha value is -6.01. The molecule has 4 aromatic carbocycles. The monoisotopic (exact) mass is 841 g/mol.